The summed E-state index contributed by atoms with van der Waals surface area (Å²) in [5.41, 5.74) is -1.57. The quantitative estimate of drug-likeness (QED) is 0.161. The SMILES string of the molecule is C=CCNC(=O)C(=O)[C@H](CC1CC1)NC(=O)[C@@H]1[C@H]2C[C@H]2CN1C(=O)[C@@H](NC(=O)NC1(C2CCCCS2(=O)=O)CCCCC1)C(C)(C)CC. The van der Waals surface area contributed by atoms with Gasteiger partial charge in [-0.2, -0.15) is 0 Å². The van der Waals surface area contributed by atoms with Crippen molar-refractivity contribution in [2.75, 3.05) is 18.8 Å². The summed E-state index contributed by atoms with van der Waals surface area (Å²) in [5.74, 6) is -1.83. The van der Waals surface area contributed by atoms with Crippen LogP contribution in [-0.2, 0) is 29.0 Å². The maximum atomic E-state index is 14.4. The van der Waals surface area contributed by atoms with Gasteiger partial charge in [-0.25, -0.2) is 13.2 Å². The summed E-state index contributed by atoms with van der Waals surface area (Å²) >= 11 is 0. The number of fused-ring (bicyclic) bond motifs is 1. The number of amides is 5. The number of hydrogen-bond donors (Lipinski definition) is 4. The highest BCUT2D eigenvalue weighted by Crippen LogP contribution is 2.50. The van der Waals surface area contributed by atoms with Gasteiger partial charge in [-0.15, -0.1) is 6.58 Å². The number of rotatable bonds is 14. The van der Waals surface area contributed by atoms with E-state index in [1.54, 1.807) is 4.90 Å². The number of piperidine rings is 1. The van der Waals surface area contributed by atoms with Crippen molar-refractivity contribution < 1.29 is 32.4 Å². The van der Waals surface area contributed by atoms with Gasteiger partial charge in [-0.3, -0.25) is 19.2 Å². The first-order valence-electron chi connectivity index (χ1n) is 18.1. The van der Waals surface area contributed by atoms with Crippen molar-refractivity contribution in [2.45, 2.75) is 133 Å². The number of hydrogen-bond acceptors (Lipinski definition) is 7. The molecule has 0 aromatic heterocycles. The predicted molar refractivity (Wildman–Crippen MR) is 181 cm³/mol. The molecule has 2 saturated heterocycles. The Labute approximate surface area is 285 Å². The lowest BCUT2D eigenvalue weighted by Crippen LogP contribution is -2.66. The highest BCUT2D eigenvalue weighted by Gasteiger charge is 2.59. The zero-order valence-electron chi connectivity index (χ0n) is 28.9. The Kier molecular flexibility index (Phi) is 11.0. The van der Waals surface area contributed by atoms with Crippen molar-refractivity contribution in [3.05, 3.63) is 12.7 Å². The van der Waals surface area contributed by atoms with E-state index < -0.39 is 67.8 Å². The molecule has 3 aliphatic carbocycles. The van der Waals surface area contributed by atoms with Crippen molar-refractivity contribution >= 4 is 39.4 Å². The molecule has 0 aromatic rings. The topological polar surface area (TPSA) is 171 Å². The van der Waals surface area contributed by atoms with Crippen LogP contribution in [0.4, 0.5) is 4.79 Å². The van der Waals surface area contributed by atoms with Crippen molar-refractivity contribution in [2.24, 2.45) is 23.2 Å². The van der Waals surface area contributed by atoms with Gasteiger partial charge in [0.05, 0.1) is 22.6 Å². The Balaban J connectivity index is 1.33. The number of nitrogens with zero attached hydrogens (tertiary/aromatic N) is 1. The van der Waals surface area contributed by atoms with Crippen molar-refractivity contribution in [1.82, 2.24) is 26.2 Å². The van der Waals surface area contributed by atoms with Crippen LogP contribution < -0.4 is 21.3 Å². The monoisotopic (exact) mass is 689 g/mol. The first-order valence-corrected chi connectivity index (χ1v) is 19.8. The number of carbonyl (C=O) groups excluding carboxylic acids is 5. The van der Waals surface area contributed by atoms with Crippen LogP contribution in [0.5, 0.6) is 0 Å². The van der Waals surface area contributed by atoms with Crippen molar-refractivity contribution in [3.8, 4) is 0 Å². The van der Waals surface area contributed by atoms with Crippen molar-refractivity contribution in [1.29, 1.82) is 0 Å². The minimum atomic E-state index is -3.38. The smallest absolute Gasteiger partial charge is 0.315 e. The number of ketones is 1. The second-order valence-corrected chi connectivity index (χ2v) is 17.9. The molecular formula is C35H55N5O7S. The van der Waals surface area contributed by atoms with E-state index in [0.717, 1.165) is 44.9 Å². The van der Waals surface area contributed by atoms with Crippen LogP contribution in [0.15, 0.2) is 12.7 Å². The molecule has 268 valence electrons. The molecule has 2 heterocycles. The summed E-state index contributed by atoms with van der Waals surface area (Å²) in [7, 11) is -3.38. The number of nitrogens with one attached hydrogen (secondary N) is 4. The molecule has 13 heteroatoms. The maximum Gasteiger partial charge on any atom is 0.315 e. The van der Waals surface area contributed by atoms with Crippen LogP contribution in [0.3, 0.4) is 0 Å². The van der Waals surface area contributed by atoms with Gasteiger partial charge >= 0.3 is 6.03 Å². The fourth-order valence-corrected chi connectivity index (χ4v) is 10.7. The van der Waals surface area contributed by atoms with E-state index in [2.05, 4.69) is 27.8 Å². The minimum Gasteiger partial charge on any atom is -0.346 e. The molecule has 1 unspecified atom stereocenters. The summed E-state index contributed by atoms with van der Waals surface area (Å²) in [6.07, 6.45) is 10.8. The Morgan fingerprint density at radius 3 is 2.33 bits per heavy atom. The van der Waals surface area contributed by atoms with E-state index in [-0.39, 0.29) is 36.0 Å². The molecule has 3 saturated carbocycles. The van der Waals surface area contributed by atoms with E-state index in [1.807, 2.05) is 20.8 Å². The third-order valence-electron chi connectivity index (χ3n) is 11.7. The van der Waals surface area contributed by atoms with Crippen LogP contribution >= 0.6 is 0 Å². The molecule has 5 rings (SSSR count). The van der Waals surface area contributed by atoms with Crippen LogP contribution in [0.1, 0.15) is 104 Å². The van der Waals surface area contributed by atoms with E-state index in [9.17, 15) is 32.4 Å². The van der Waals surface area contributed by atoms with E-state index in [4.69, 9.17) is 0 Å². The fourth-order valence-electron chi connectivity index (χ4n) is 8.25. The lowest BCUT2D eigenvalue weighted by molar-refractivity contribution is -0.145. The molecule has 2 aliphatic heterocycles. The lowest BCUT2D eigenvalue weighted by atomic mass is 9.77. The molecule has 48 heavy (non-hydrogen) atoms. The maximum absolute atomic E-state index is 14.4. The number of urea groups is 1. The molecular weight excluding hydrogens is 634 g/mol. The van der Waals surface area contributed by atoms with Crippen LogP contribution in [0, 0.1) is 23.2 Å². The molecule has 0 aromatic carbocycles. The van der Waals surface area contributed by atoms with Gasteiger partial charge in [0, 0.05) is 13.1 Å². The zero-order valence-corrected chi connectivity index (χ0v) is 29.7. The summed E-state index contributed by atoms with van der Waals surface area (Å²) in [6, 6.07) is -3.35. The third-order valence-corrected chi connectivity index (χ3v) is 14.2. The summed E-state index contributed by atoms with van der Waals surface area (Å²) in [5, 5.41) is 10.8. The summed E-state index contributed by atoms with van der Waals surface area (Å²) in [4.78, 5) is 69.4. The average molecular weight is 690 g/mol. The predicted octanol–water partition coefficient (Wildman–Crippen LogP) is 2.76. The van der Waals surface area contributed by atoms with Gasteiger partial charge < -0.3 is 26.2 Å². The molecule has 5 aliphatic rings. The van der Waals surface area contributed by atoms with Gasteiger partial charge in [0.1, 0.15) is 12.1 Å². The Hall–Kier alpha value is -2.96. The zero-order chi connectivity index (χ0) is 34.9. The highest BCUT2D eigenvalue weighted by molar-refractivity contribution is 7.92. The number of carbonyl (C=O) groups is 5. The van der Waals surface area contributed by atoms with E-state index in [1.165, 1.54) is 6.08 Å². The Morgan fingerprint density at radius 1 is 1.00 bits per heavy atom. The van der Waals surface area contributed by atoms with E-state index in [0.29, 0.717) is 45.1 Å². The standard InChI is InChI=1S/C35H55N5O7S/c1-5-17-36-31(43)28(41)25(19-22-13-14-22)37-30(42)27-24-20-23(24)21-40(27)32(44)29(34(3,4)6-2)38-33(45)39-35(15-9-7-10-16-35)26-12-8-11-18-48(26,46)47/h5,22-27,29H,1,6-21H2,2-4H3,(H,36,43)(H,37,42)(H2,38,39,45)/t23-,24-,25-,26?,27-,29+/m0/s1. The first-order chi connectivity index (χ1) is 22.7. The first kappa shape index (κ1) is 36.3. The van der Waals surface area contributed by atoms with Gasteiger partial charge in [-0.05, 0) is 68.1 Å². The van der Waals surface area contributed by atoms with Crippen LogP contribution in [0.2, 0.25) is 0 Å². The Morgan fingerprint density at radius 2 is 1.71 bits per heavy atom. The molecule has 4 N–H and O–H groups in total. The van der Waals surface area contributed by atoms with E-state index >= 15 is 0 Å². The number of likely N-dealkylation sites (tertiary alicyclic amines) is 1. The molecule has 6 atom stereocenters. The normalized spacial score (nSPS) is 28.6. The summed E-state index contributed by atoms with van der Waals surface area (Å²) in [6.45, 7) is 9.80. The Bertz CT molecular complexity index is 1390. The average Bonchev–Trinajstić information content (AvgIpc) is 3.99. The molecule has 0 bridgehead atoms. The molecule has 5 fully saturated rings. The second-order valence-electron chi connectivity index (χ2n) is 15.6. The fraction of sp³-hybridized carbons (Fsp3) is 0.800. The minimum absolute atomic E-state index is 0.0542. The largest absolute Gasteiger partial charge is 0.346 e. The van der Waals surface area contributed by atoms with Gasteiger partial charge in [0.2, 0.25) is 17.6 Å². The van der Waals surface area contributed by atoms with Gasteiger partial charge in [0.15, 0.2) is 9.84 Å². The van der Waals surface area contributed by atoms with Gasteiger partial charge in [-0.1, -0.05) is 65.4 Å². The van der Waals surface area contributed by atoms with Crippen LogP contribution in [0.25, 0.3) is 0 Å². The molecule has 0 spiro atoms. The highest BCUT2D eigenvalue weighted by atomic mass is 32.2. The third kappa shape index (κ3) is 7.91. The second kappa shape index (κ2) is 14.5. The van der Waals surface area contributed by atoms with Gasteiger partial charge in [0.25, 0.3) is 5.91 Å². The number of Topliss-reactive ketones (excluding diaryl/α,β-unsaturated/α-hetero) is 1. The molecule has 12 nitrogen and oxygen atoms in total. The lowest BCUT2D eigenvalue weighted by Gasteiger charge is -2.45. The summed E-state index contributed by atoms with van der Waals surface area (Å²) < 4.78 is 26.5. The van der Waals surface area contributed by atoms with Crippen molar-refractivity contribution in [3.63, 3.8) is 0 Å². The number of sulfone groups is 1. The molecule has 0 radical (unpaired) electrons. The van der Waals surface area contributed by atoms with Crippen LogP contribution in [-0.4, -0.2) is 90.6 Å². The molecule has 5 amide bonds.